The van der Waals surface area contributed by atoms with E-state index in [9.17, 15) is 4.79 Å². The van der Waals surface area contributed by atoms with Crippen LogP contribution in [-0.4, -0.2) is 45.1 Å². The van der Waals surface area contributed by atoms with Crippen molar-refractivity contribution in [1.29, 1.82) is 0 Å². The number of aromatic amines is 1. The lowest BCUT2D eigenvalue weighted by Crippen LogP contribution is -2.49. The van der Waals surface area contributed by atoms with E-state index in [-0.39, 0.29) is 11.9 Å². The van der Waals surface area contributed by atoms with Gasteiger partial charge in [0, 0.05) is 25.0 Å². The van der Waals surface area contributed by atoms with Crippen molar-refractivity contribution in [3.63, 3.8) is 0 Å². The predicted molar refractivity (Wildman–Crippen MR) is 70.6 cm³/mol. The zero-order valence-corrected chi connectivity index (χ0v) is 11.3. The van der Waals surface area contributed by atoms with E-state index in [0.29, 0.717) is 24.2 Å². The average molecular weight is 263 g/mol. The highest BCUT2D eigenvalue weighted by Gasteiger charge is 2.33. The molecule has 0 bridgehead atoms. The van der Waals surface area contributed by atoms with Crippen molar-refractivity contribution in [3.8, 4) is 0 Å². The SMILES string of the molecule is CC1CCN(C(=O)c2n[nH]c(C3CC3)n2)C(CN)C1. The first kappa shape index (κ1) is 12.6. The number of carbonyl (C=O) groups is 1. The molecule has 1 saturated carbocycles. The molecular formula is C13H21N5O. The van der Waals surface area contributed by atoms with Crippen LogP contribution in [0.1, 0.15) is 55.0 Å². The van der Waals surface area contributed by atoms with Gasteiger partial charge in [-0.05, 0) is 31.6 Å². The third kappa shape index (κ3) is 2.49. The van der Waals surface area contributed by atoms with Gasteiger partial charge in [0.05, 0.1) is 0 Å². The van der Waals surface area contributed by atoms with Gasteiger partial charge < -0.3 is 10.6 Å². The van der Waals surface area contributed by atoms with E-state index >= 15 is 0 Å². The third-order valence-electron chi connectivity index (χ3n) is 4.17. The van der Waals surface area contributed by atoms with E-state index in [4.69, 9.17) is 5.73 Å². The minimum Gasteiger partial charge on any atom is -0.332 e. The summed E-state index contributed by atoms with van der Waals surface area (Å²) in [6.45, 7) is 3.48. The number of nitrogens with two attached hydrogens (primary N) is 1. The Kier molecular flexibility index (Phi) is 3.26. The minimum atomic E-state index is -0.0782. The number of piperidine rings is 1. The highest BCUT2D eigenvalue weighted by molar-refractivity contribution is 5.90. The van der Waals surface area contributed by atoms with Crippen LogP contribution in [0.15, 0.2) is 0 Å². The summed E-state index contributed by atoms with van der Waals surface area (Å²) in [5, 5.41) is 6.96. The largest absolute Gasteiger partial charge is 0.332 e. The number of rotatable bonds is 3. The Balaban J connectivity index is 1.73. The summed E-state index contributed by atoms with van der Waals surface area (Å²) in [6, 6.07) is 0.124. The summed E-state index contributed by atoms with van der Waals surface area (Å²) in [5.41, 5.74) is 5.79. The smallest absolute Gasteiger partial charge is 0.293 e. The second kappa shape index (κ2) is 4.92. The quantitative estimate of drug-likeness (QED) is 0.847. The molecule has 6 nitrogen and oxygen atoms in total. The van der Waals surface area contributed by atoms with E-state index < -0.39 is 0 Å². The molecule has 1 aromatic heterocycles. The third-order valence-corrected chi connectivity index (χ3v) is 4.17. The van der Waals surface area contributed by atoms with Gasteiger partial charge in [0.25, 0.3) is 5.91 Å². The summed E-state index contributed by atoms with van der Waals surface area (Å²) in [6.07, 6.45) is 4.30. The lowest BCUT2D eigenvalue weighted by molar-refractivity contribution is 0.0561. The van der Waals surface area contributed by atoms with Crippen LogP contribution in [0, 0.1) is 5.92 Å². The fraction of sp³-hybridized carbons (Fsp3) is 0.769. The van der Waals surface area contributed by atoms with Gasteiger partial charge in [-0.25, -0.2) is 4.98 Å². The summed E-state index contributed by atoms with van der Waals surface area (Å²) >= 11 is 0. The molecule has 0 radical (unpaired) electrons. The number of H-pyrrole nitrogens is 1. The maximum atomic E-state index is 12.5. The van der Waals surface area contributed by atoms with E-state index in [1.165, 1.54) is 0 Å². The number of carbonyl (C=O) groups excluding carboxylic acids is 1. The van der Waals surface area contributed by atoms with Crippen molar-refractivity contribution in [3.05, 3.63) is 11.6 Å². The fourth-order valence-electron chi connectivity index (χ4n) is 2.78. The van der Waals surface area contributed by atoms with Gasteiger partial charge in [-0.15, -0.1) is 5.10 Å². The van der Waals surface area contributed by atoms with Gasteiger partial charge in [0.15, 0.2) is 0 Å². The summed E-state index contributed by atoms with van der Waals surface area (Å²) in [7, 11) is 0. The Bertz CT molecular complexity index is 467. The van der Waals surface area contributed by atoms with Crippen molar-refractivity contribution in [2.24, 2.45) is 11.7 Å². The molecule has 0 spiro atoms. The topological polar surface area (TPSA) is 87.9 Å². The molecule has 104 valence electrons. The predicted octanol–water partition coefficient (Wildman–Crippen LogP) is 0.881. The molecule has 19 heavy (non-hydrogen) atoms. The zero-order valence-electron chi connectivity index (χ0n) is 11.3. The van der Waals surface area contributed by atoms with E-state index in [1.54, 1.807) is 0 Å². The molecule has 1 amide bonds. The first-order valence-electron chi connectivity index (χ1n) is 7.12. The number of amides is 1. The minimum absolute atomic E-state index is 0.0782. The number of hydrogen-bond acceptors (Lipinski definition) is 4. The first-order valence-corrected chi connectivity index (χ1v) is 7.12. The van der Waals surface area contributed by atoms with Crippen molar-refractivity contribution in [1.82, 2.24) is 20.1 Å². The van der Waals surface area contributed by atoms with E-state index in [2.05, 4.69) is 22.1 Å². The van der Waals surface area contributed by atoms with Crippen molar-refractivity contribution in [2.75, 3.05) is 13.1 Å². The Morgan fingerprint density at radius 2 is 2.26 bits per heavy atom. The number of likely N-dealkylation sites (tertiary alicyclic amines) is 1. The molecule has 1 aliphatic carbocycles. The standard InChI is InChI=1S/C13H21N5O/c1-8-4-5-18(10(6-8)7-14)13(19)12-15-11(16-17-12)9-2-3-9/h8-10H,2-7,14H2,1H3,(H,15,16,17). The Labute approximate surface area is 112 Å². The zero-order chi connectivity index (χ0) is 13.4. The normalized spacial score (nSPS) is 27.6. The van der Waals surface area contributed by atoms with Crippen LogP contribution in [0.5, 0.6) is 0 Å². The van der Waals surface area contributed by atoms with Crippen LogP contribution in [0.3, 0.4) is 0 Å². The van der Waals surface area contributed by atoms with Crippen LogP contribution in [-0.2, 0) is 0 Å². The maximum absolute atomic E-state index is 12.5. The molecule has 2 fully saturated rings. The van der Waals surface area contributed by atoms with Crippen LogP contribution in [0.25, 0.3) is 0 Å². The van der Waals surface area contributed by atoms with Crippen LogP contribution in [0.2, 0.25) is 0 Å². The highest BCUT2D eigenvalue weighted by atomic mass is 16.2. The van der Waals surface area contributed by atoms with Gasteiger partial charge in [-0.3, -0.25) is 9.89 Å². The maximum Gasteiger partial charge on any atom is 0.293 e. The van der Waals surface area contributed by atoms with Crippen molar-refractivity contribution >= 4 is 5.91 Å². The first-order chi connectivity index (χ1) is 9.19. The van der Waals surface area contributed by atoms with Crippen LogP contribution in [0.4, 0.5) is 0 Å². The van der Waals surface area contributed by atoms with Gasteiger partial charge in [-0.2, -0.15) is 0 Å². The lowest BCUT2D eigenvalue weighted by atomic mass is 9.92. The molecule has 2 aliphatic rings. The Hall–Kier alpha value is -1.43. The Morgan fingerprint density at radius 1 is 1.47 bits per heavy atom. The molecule has 1 aliphatic heterocycles. The second-order valence-electron chi connectivity index (χ2n) is 5.84. The molecule has 1 aromatic rings. The fourth-order valence-corrected chi connectivity index (χ4v) is 2.78. The van der Waals surface area contributed by atoms with Crippen LogP contribution < -0.4 is 5.73 Å². The summed E-state index contributed by atoms with van der Waals surface area (Å²) in [5.74, 6) is 2.20. The monoisotopic (exact) mass is 263 g/mol. The molecule has 3 rings (SSSR count). The molecule has 2 heterocycles. The number of hydrogen-bond donors (Lipinski definition) is 2. The van der Waals surface area contributed by atoms with Crippen molar-refractivity contribution in [2.45, 2.75) is 44.6 Å². The number of nitrogens with one attached hydrogen (secondary N) is 1. The molecule has 6 heteroatoms. The highest BCUT2D eigenvalue weighted by Crippen LogP contribution is 2.37. The molecule has 2 unspecified atom stereocenters. The summed E-state index contributed by atoms with van der Waals surface area (Å²) < 4.78 is 0. The molecule has 3 N–H and O–H groups in total. The summed E-state index contributed by atoms with van der Waals surface area (Å²) in [4.78, 5) is 18.6. The van der Waals surface area contributed by atoms with Gasteiger partial charge in [-0.1, -0.05) is 6.92 Å². The van der Waals surface area contributed by atoms with E-state index in [0.717, 1.165) is 38.1 Å². The van der Waals surface area contributed by atoms with Gasteiger partial charge >= 0.3 is 0 Å². The van der Waals surface area contributed by atoms with Crippen molar-refractivity contribution < 1.29 is 4.79 Å². The van der Waals surface area contributed by atoms with Gasteiger partial charge in [0.2, 0.25) is 5.82 Å². The van der Waals surface area contributed by atoms with Crippen LogP contribution >= 0.6 is 0 Å². The molecule has 1 saturated heterocycles. The lowest BCUT2D eigenvalue weighted by Gasteiger charge is -2.37. The molecular weight excluding hydrogens is 242 g/mol. The number of nitrogens with zero attached hydrogens (tertiary/aromatic N) is 3. The van der Waals surface area contributed by atoms with E-state index in [1.807, 2.05) is 4.90 Å². The van der Waals surface area contributed by atoms with Gasteiger partial charge in [0.1, 0.15) is 5.82 Å². The number of aromatic nitrogens is 3. The Morgan fingerprint density at radius 3 is 2.95 bits per heavy atom. The average Bonchev–Trinajstić information content (AvgIpc) is 3.15. The second-order valence-corrected chi connectivity index (χ2v) is 5.84. The molecule has 2 atom stereocenters. The molecule has 0 aromatic carbocycles.